The van der Waals surface area contributed by atoms with Crippen LogP contribution in [0.15, 0.2) is 24.3 Å². The van der Waals surface area contributed by atoms with Crippen molar-refractivity contribution in [3.63, 3.8) is 0 Å². The molecule has 1 aliphatic heterocycles. The molecule has 1 heterocycles. The highest BCUT2D eigenvalue weighted by Crippen LogP contribution is 2.52. The molecule has 3 atom stereocenters. The van der Waals surface area contributed by atoms with Gasteiger partial charge in [-0.15, -0.1) is 0 Å². The van der Waals surface area contributed by atoms with E-state index in [4.69, 9.17) is 4.74 Å². The molecule has 6 heteroatoms. The fourth-order valence-corrected chi connectivity index (χ4v) is 3.59. The number of fused-ring (bicyclic) bond motifs is 1. The van der Waals surface area contributed by atoms with E-state index in [1.165, 1.54) is 25.0 Å². The van der Waals surface area contributed by atoms with Crippen LogP contribution in [0.2, 0.25) is 0 Å². The van der Waals surface area contributed by atoms with Gasteiger partial charge in [0.2, 0.25) is 0 Å². The van der Waals surface area contributed by atoms with Crippen LogP contribution in [0, 0.1) is 17.8 Å². The van der Waals surface area contributed by atoms with Gasteiger partial charge in [0.25, 0.3) is 11.8 Å². The second-order valence-electron chi connectivity index (χ2n) is 6.30. The Morgan fingerprint density at radius 1 is 1.13 bits per heavy atom. The Labute approximate surface area is 135 Å². The maximum absolute atomic E-state index is 11.7. The van der Waals surface area contributed by atoms with Crippen LogP contribution in [0.5, 0.6) is 0 Å². The largest absolute Gasteiger partial charge is 0.449 e. The molecule has 1 fully saturated rings. The topological polar surface area (TPSA) is 75.7 Å². The van der Waals surface area contributed by atoms with Crippen molar-refractivity contribution in [2.45, 2.75) is 25.7 Å². The molecule has 23 heavy (non-hydrogen) atoms. The first-order chi connectivity index (χ1) is 11.2. The Kier molecular flexibility index (Phi) is 4.79. The van der Waals surface area contributed by atoms with Gasteiger partial charge >= 0.3 is 6.09 Å². The minimum absolute atomic E-state index is 0.167. The van der Waals surface area contributed by atoms with Crippen LogP contribution >= 0.6 is 0 Å². The van der Waals surface area contributed by atoms with E-state index in [-0.39, 0.29) is 24.9 Å². The SMILES string of the molecule is O=C(NCCN1C(=O)C=CC1=O)OCC1C2CC/C=C/CC[C@H]21. The minimum atomic E-state index is -0.477. The van der Waals surface area contributed by atoms with E-state index in [2.05, 4.69) is 17.5 Å². The van der Waals surface area contributed by atoms with Crippen LogP contribution in [0.25, 0.3) is 0 Å². The van der Waals surface area contributed by atoms with Crippen molar-refractivity contribution in [1.82, 2.24) is 10.2 Å². The molecule has 3 rings (SSSR count). The summed E-state index contributed by atoms with van der Waals surface area (Å²) in [5.41, 5.74) is 0. The number of amides is 3. The molecule has 0 aromatic rings. The molecule has 0 aromatic carbocycles. The van der Waals surface area contributed by atoms with Crippen LogP contribution in [0.1, 0.15) is 25.7 Å². The molecule has 1 N–H and O–H groups in total. The van der Waals surface area contributed by atoms with Crippen molar-refractivity contribution in [1.29, 1.82) is 0 Å². The highest BCUT2D eigenvalue weighted by Gasteiger charge is 2.49. The predicted octanol–water partition coefficient (Wildman–Crippen LogP) is 1.63. The molecular weight excluding hydrogens is 296 g/mol. The summed E-state index contributed by atoms with van der Waals surface area (Å²) in [6.07, 6.45) is 11.1. The molecule has 0 saturated heterocycles. The molecular formula is C17H22N2O4. The summed E-state index contributed by atoms with van der Waals surface area (Å²) in [5, 5.41) is 2.59. The highest BCUT2D eigenvalue weighted by molar-refractivity contribution is 6.12. The monoisotopic (exact) mass is 318 g/mol. The number of hydrogen-bond acceptors (Lipinski definition) is 4. The molecule has 124 valence electrons. The highest BCUT2D eigenvalue weighted by atomic mass is 16.5. The Balaban J connectivity index is 1.31. The van der Waals surface area contributed by atoms with Gasteiger partial charge in [-0.1, -0.05) is 12.2 Å². The van der Waals surface area contributed by atoms with Gasteiger partial charge in [0.05, 0.1) is 6.61 Å². The summed E-state index contributed by atoms with van der Waals surface area (Å²) < 4.78 is 5.28. The summed E-state index contributed by atoms with van der Waals surface area (Å²) in [7, 11) is 0. The van der Waals surface area contributed by atoms with Gasteiger partial charge in [-0.2, -0.15) is 0 Å². The molecule has 3 aliphatic rings. The molecule has 0 spiro atoms. The van der Waals surface area contributed by atoms with E-state index in [1.54, 1.807) is 0 Å². The summed E-state index contributed by atoms with van der Waals surface area (Å²) in [4.78, 5) is 35.5. The third-order valence-corrected chi connectivity index (χ3v) is 4.92. The Bertz CT molecular complexity index is 521. The number of allylic oxidation sites excluding steroid dienone is 2. The van der Waals surface area contributed by atoms with E-state index < -0.39 is 6.09 Å². The average molecular weight is 318 g/mol. The van der Waals surface area contributed by atoms with Gasteiger partial charge in [0, 0.05) is 25.2 Å². The van der Waals surface area contributed by atoms with Gasteiger partial charge in [0.1, 0.15) is 0 Å². The Morgan fingerprint density at radius 3 is 2.35 bits per heavy atom. The lowest BCUT2D eigenvalue weighted by Crippen LogP contribution is -2.38. The number of imide groups is 1. The standard InChI is InChI=1S/C17H22N2O4/c20-15-7-8-16(21)19(15)10-9-18-17(22)23-11-14-12-5-3-1-2-4-6-13(12)14/h1-2,7-8,12-14H,3-6,9-11H2,(H,18,22)/b2-1+/t12-,13?,14?/m1/s1. The number of rotatable bonds is 5. The third kappa shape index (κ3) is 3.81. The molecule has 3 amide bonds. The van der Waals surface area contributed by atoms with Crippen molar-refractivity contribution < 1.29 is 19.1 Å². The molecule has 0 radical (unpaired) electrons. The van der Waals surface area contributed by atoms with Gasteiger partial charge in [-0.05, 0) is 43.4 Å². The van der Waals surface area contributed by atoms with E-state index in [0.717, 1.165) is 17.7 Å². The van der Waals surface area contributed by atoms with Crippen LogP contribution in [0.4, 0.5) is 4.79 Å². The number of ether oxygens (including phenoxy) is 1. The van der Waals surface area contributed by atoms with Crippen molar-refractivity contribution in [2.24, 2.45) is 17.8 Å². The molecule has 1 saturated carbocycles. The maximum Gasteiger partial charge on any atom is 0.407 e. The Hall–Kier alpha value is -2.11. The lowest BCUT2D eigenvalue weighted by Gasteiger charge is -2.14. The zero-order valence-electron chi connectivity index (χ0n) is 13.1. The van der Waals surface area contributed by atoms with Crippen molar-refractivity contribution in [3.8, 4) is 0 Å². The van der Waals surface area contributed by atoms with Crippen molar-refractivity contribution in [2.75, 3.05) is 19.7 Å². The summed E-state index contributed by atoms with van der Waals surface area (Å²) in [6, 6.07) is 0. The third-order valence-electron chi connectivity index (χ3n) is 4.92. The van der Waals surface area contributed by atoms with Crippen LogP contribution in [-0.2, 0) is 14.3 Å². The van der Waals surface area contributed by atoms with Crippen molar-refractivity contribution >= 4 is 17.9 Å². The lowest BCUT2D eigenvalue weighted by molar-refractivity contribution is -0.136. The fraction of sp³-hybridized carbons (Fsp3) is 0.588. The first kappa shape index (κ1) is 15.8. The smallest absolute Gasteiger partial charge is 0.407 e. The fourth-order valence-electron chi connectivity index (χ4n) is 3.59. The first-order valence-electron chi connectivity index (χ1n) is 8.26. The normalized spacial score (nSPS) is 30.4. The van der Waals surface area contributed by atoms with Gasteiger partial charge in [0.15, 0.2) is 0 Å². The predicted molar refractivity (Wildman–Crippen MR) is 83.3 cm³/mol. The van der Waals surface area contributed by atoms with E-state index in [1.807, 2.05) is 0 Å². The van der Waals surface area contributed by atoms with Crippen LogP contribution in [0.3, 0.4) is 0 Å². The van der Waals surface area contributed by atoms with Crippen molar-refractivity contribution in [3.05, 3.63) is 24.3 Å². The number of nitrogens with one attached hydrogen (secondary N) is 1. The molecule has 0 bridgehead atoms. The lowest BCUT2D eigenvalue weighted by atomic mass is 10.1. The summed E-state index contributed by atoms with van der Waals surface area (Å²) >= 11 is 0. The van der Waals surface area contributed by atoms with E-state index in [0.29, 0.717) is 24.4 Å². The zero-order chi connectivity index (χ0) is 16.2. The van der Waals surface area contributed by atoms with E-state index >= 15 is 0 Å². The van der Waals surface area contributed by atoms with Gasteiger partial charge in [-0.3, -0.25) is 14.5 Å². The Morgan fingerprint density at radius 2 is 1.74 bits per heavy atom. The van der Waals surface area contributed by atoms with Gasteiger partial charge in [-0.25, -0.2) is 4.79 Å². The minimum Gasteiger partial charge on any atom is -0.449 e. The summed E-state index contributed by atoms with van der Waals surface area (Å²) in [5.74, 6) is 1.20. The number of hydrogen-bond donors (Lipinski definition) is 1. The second-order valence-corrected chi connectivity index (χ2v) is 6.30. The average Bonchev–Trinajstić information content (AvgIpc) is 3.05. The number of carbonyl (C=O) groups excluding carboxylic acids is 3. The zero-order valence-corrected chi connectivity index (χ0v) is 13.1. The summed E-state index contributed by atoms with van der Waals surface area (Å²) in [6.45, 7) is 0.837. The quantitative estimate of drug-likeness (QED) is 0.617. The maximum atomic E-state index is 11.7. The number of carbonyl (C=O) groups is 3. The van der Waals surface area contributed by atoms with Crippen LogP contribution < -0.4 is 5.32 Å². The second kappa shape index (κ2) is 6.98. The van der Waals surface area contributed by atoms with E-state index in [9.17, 15) is 14.4 Å². The molecule has 2 unspecified atom stereocenters. The molecule has 6 nitrogen and oxygen atoms in total. The number of alkyl carbamates (subject to hydrolysis) is 1. The number of nitrogens with zero attached hydrogens (tertiary/aromatic N) is 1. The van der Waals surface area contributed by atoms with Crippen LogP contribution in [-0.4, -0.2) is 42.5 Å². The molecule has 0 aromatic heterocycles. The van der Waals surface area contributed by atoms with Gasteiger partial charge < -0.3 is 10.1 Å². The first-order valence-corrected chi connectivity index (χ1v) is 8.26. The molecule has 2 aliphatic carbocycles.